The summed E-state index contributed by atoms with van der Waals surface area (Å²) in [6, 6.07) is 3.40. The second kappa shape index (κ2) is 5.07. The highest BCUT2D eigenvalue weighted by atomic mass is 19.4. The quantitative estimate of drug-likeness (QED) is 0.744. The van der Waals surface area contributed by atoms with Crippen molar-refractivity contribution in [3.05, 3.63) is 35.4 Å². The van der Waals surface area contributed by atoms with Crippen molar-refractivity contribution in [1.82, 2.24) is 4.90 Å². The van der Waals surface area contributed by atoms with Gasteiger partial charge in [0.1, 0.15) is 0 Å². The minimum atomic E-state index is -4.50. The number of likely N-dealkylation sites (tertiary alicyclic amines) is 1. The Balaban J connectivity index is 2.25. The minimum absolute atomic E-state index is 0.0815. The number of halogens is 3. The molecule has 0 atom stereocenters. The SMILES string of the molecule is O=C1CCCC(=O)N1C(=O)c1ccc(C(F)(F)F)cc1. The van der Waals surface area contributed by atoms with Crippen molar-refractivity contribution in [2.24, 2.45) is 0 Å². The number of rotatable bonds is 1. The number of carbonyl (C=O) groups excluding carboxylic acids is 3. The first kappa shape index (κ1) is 14.2. The predicted molar refractivity (Wildman–Crippen MR) is 61.5 cm³/mol. The van der Waals surface area contributed by atoms with Gasteiger partial charge < -0.3 is 0 Å². The Labute approximate surface area is 112 Å². The van der Waals surface area contributed by atoms with Gasteiger partial charge in [-0.3, -0.25) is 14.4 Å². The van der Waals surface area contributed by atoms with E-state index in [9.17, 15) is 27.6 Å². The lowest BCUT2D eigenvalue weighted by Crippen LogP contribution is -2.44. The Morgan fingerprint density at radius 1 is 1.00 bits per heavy atom. The topological polar surface area (TPSA) is 54.5 Å². The molecule has 4 nitrogen and oxygen atoms in total. The van der Waals surface area contributed by atoms with Crippen LogP contribution in [0.3, 0.4) is 0 Å². The van der Waals surface area contributed by atoms with Crippen LogP contribution in [0.25, 0.3) is 0 Å². The number of amides is 3. The number of alkyl halides is 3. The molecule has 20 heavy (non-hydrogen) atoms. The molecule has 0 N–H and O–H groups in total. The van der Waals surface area contributed by atoms with E-state index in [-0.39, 0.29) is 18.4 Å². The highest BCUT2D eigenvalue weighted by Crippen LogP contribution is 2.29. The Bertz CT molecular complexity index is 547. The molecule has 1 heterocycles. The molecule has 0 spiro atoms. The summed E-state index contributed by atoms with van der Waals surface area (Å²) in [5.74, 6) is -2.12. The zero-order valence-electron chi connectivity index (χ0n) is 10.2. The van der Waals surface area contributed by atoms with E-state index in [1.807, 2.05) is 0 Å². The van der Waals surface area contributed by atoms with Crippen LogP contribution in [0.4, 0.5) is 13.2 Å². The van der Waals surface area contributed by atoms with Gasteiger partial charge in [-0.05, 0) is 30.7 Å². The fourth-order valence-corrected chi connectivity index (χ4v) is 1.91. The standard InChI is InChI=1S/C13H10F3NO3/c14-13(15,16)9-6-4-8(5-7-9)12(20)17-10(18)2-1-3-11(17)19/h4-7H,1-3H2. The van der Waals surface area contributed by atoms with Gasteiger partial charge in [0.2, 0.25) is 11.8 Å². The number of imide groups is 3. The summed E-state index contributed by atoms with van der Waals surface area (Å²) in [5, 5.41) is 0. The van der Waals surface area contributed by atoms with Gasteiger partial charge in [-0.25, -0.2) is 4.90 Å². The summed E-state index contributed by atoms with van der Waals surface area (Å²) in [5.41, 5.74) is -1.02. The summed E-state index contributed by atoms with van der Waals surface area (Å²) in [6.45, 7) is 0. The van der Waals surface area contributed by atoms with Crippen LogP contribution in [0.5, 0.6) is 0 Å². The van der Waals surface area contributed by atoms with Gasteiger partial charge >= 0.3 is 6.18 Å². The minimum Gasteiger partial charge on any atom is -0.274 e. The number of hydrogen-bond acceptors (Lipinski definition) is 3. The van der Waals surface area contributed by atoms with Crippen LogP contribution in [0.1, 0.15) is 35.2 Å². The smallest absolute Gasteiger partial charge is 0.274 e. The third-order valence-corrected chi connectivity index (χ3v) is 2.94. The number of hydrogen-bond donors (Lipinski definition) is 0. The first-order chi connectivity index (χ1) is 9.30. The van der Waals surface area contributed by atoms with Gasteiger partial charge in [-0.1, -0.05) is 0 Å². The van der Waals surface area contributed by atoms with Crippen LogP contribution in [-0.4, -0.2) is 22.6 Å². The summed E-state index contributed by atoms with van der Waals surface area (Å²) < 4.78 is 37.2. The number of benzene rings is 1. The van der Waals surface area contributed by atoms with Crippen LogP contribution in [0.2, 0.25) is 0 Å². The third-order valence-electron chi connectivity index (χ3n) is 2.94. The molecule has 0 aromatic heterocycles. The molecule has 1 aliphatic rings. The Morgan fingerprint density at radius 2 is 1.50 bits per heavy atom. The van der Waals surface area contributed by atoms with Crippen molar-refractivity contribution in [3.8, 4) is 0 Å². The molecule has 1 fully saturated rings. The maximum Gasteiger partial charge on any atom is 0.416 e. The molecule has 106 valence electrons. The molecule has 1 saturated heterocycles. The fraction of sp³-hybridized carbons (Fsp3) is 0.308. The van der Waals surface area contributed by atoms with E-state index < -0.39 is 29.5 Å². The van der Waals surface area contributed by atoms with Crippen molar-refractivity contribution in [1.29, 1.82) is 0 Å². The van der Waals surface area contributed by atoms with E-state index in [4.69, 9.17) is 0 Å². The monoisotopic (exact) mass is 285 g/mol. The molecule has 3 amide bonds. The van der Waals surface area contributed by atoms with Crippen LogP contribution >= 0.6 is 0 Å². The normalized spacial score (nSPS) is 16.4. The third kappa shape index (κ3) is 2.71. The highest BCUT2D eigenvalue weighted by molar-refractivity contribution is 6.17. The maximum absolute atomic E-state index is 12.4. The van der Waals surface area contributed by atoms with Gasteiger partial charge in [-0.2, -0.15) is 13.2 Å². The van der Waals surface area contributed by atoms with Crippen LogP contribution in [0.15, 0.2) is 24.3 Å². The molecule has 1 aliphatic heterocycles. The number of carbonyl (C=O) groups is 3. The van der Waals surface area contributed by atoms with Gasteiger partial charge in [0.05, 0.1) is 5.56 Å². The fourth-order valence-electron chi connectivity index (χ4n) is 1.91. The largest absolute Gasteiger partial charge is 0.416 e. The molecule has 2 rings (SSSR count). The average molecular weight is 285 g/mol. The van der Waals surface area contributed by atoms with E-state index in [2.05, 4.69) is 0 Å². The van der Waals surface area contributed by atoms with Crippen molar-refractivity contribution < 1.29 is 27.6 Å². The van der Waals surface area contributed by atoms with Crippen molar-refractivity contribution >= 4 is 17.7 Å². The van der Waals surface area contributed by atoms with E-state index in [1.54, 1.807) is 0 Å². The summed E-state index contributed by atoms with van der Waals surface area (Å²) in [4.78, 5) is 35.6. The molecule has 0 aliphatic carbocycles. The number of piperidine rings is 1. The second-order valence-corrected chi connectivity index (χ2v) is 4.36. The van der Waals surface area contributed by atoms with E-state index in [1.165, 1.54) is 0 Å². The van der Waals surface area contributed by atoms with Crippen molar-refractivity contribution in [2.75, 3.05) is 0 Å². The Hall–Kier alpha value is -2.18. The molecule has 1 aromatic rings. The summed E-state index contributed by atoms with van der Waals surface area (Å²) in [6.07, 6.45) is -3.96. The number of nitrogens with zero attached hydrogens (tertiary/aromatic N) is 1. The van der Waals surface area contributed by atoms with Gasteiger partial charge in [0.25, 0.3) is 5.91 Å². The van der Waals surface area contributed by atoms with Crippen molar-refractivity contribution in [3.63, 3.8) is 0 Å². The van der Waals surface area contributed by atoms with Crippen LogP contribution in [-0.2, 0) is 15.8 Å². The molecule has 0 bridgehead atoms. The lowest BCUT2D eigenvalue weighted by atomic mass is 10.1. The van der Waals surface area contributed by atoms with Gasteiger partial charge in [0.15, 0.2) is 0 Å². The predicted octanol–water partition coefficient (Wildman–Crippen LogP) is 2.38. The Kier molecular flexibility index (Phi) is 3.61. The highest BCUT2D eigenvalue weighted by Gasteiger charge is 2.33. The zero-order chi connectivity index (χ0) is 14.9. The van der Waals surface area contributed by atoms with Crippen LogP contribution < -0.4 is 0 Å². The maximum atomic E-state index is 12.4. The molecule has 0 unspecified atom stereocenters. The van der Waals surface area contributed by atoms with Gasteiger partial charge in [0, 0.05) is 18.4 Å². The molecular formula is C13H10F3NO3. The van der Waals surface area contributed by atoms with E-state index >= 15 is 0 Å². The van der Waals surface area contributed by atoms with Crippen molar-refractivity contribution in [2.45, 2.75) is 25.4 Å². The van der Waals surface area contributed by atoms with Crippen LogP contribution in [0, 0.1) is 0 Å². The first-order valence-corrected chi connectivity index (χ1v) is 5.88. The first-order valence-electron chi connectivity index (χ1n) is 5.88. The summed E-state index contributed by atoms with van der Waals surface area (Å²) >= 11 is 0. The average Bonchev–Trinajstić information content (AvgIpc) is 2.37. The molecule has 0 radical (unpaired) electrons. The molecule has 1 aromatic carbocycles. The molecule has 0 saturated carbocycles. The van der Waals surface area contributed by atoms with E-state index in [0.717, 1.165) is 24.3 Å². The lowest BCUT2D eigenvalue weighted by molar-refractivity contribution is -0.144. The summed E-state index contributed by atoms with van der Waals surface area (Å²) in [7, 11) is 0. The zero-order valence-corrected chi connectivity index (χ0v) is 10.2. The van der Waals surface area contributed by atoms with E-state index in [0.29, 0.717) is 11.3 Å². The second-order valence-electron chi connectivity index (χ2n) is 4.36. The lowest BCUT2D eigenvalue weighted by Gasteiger charge is -2.23. The Morgan fingerprint density at radius 3 is 1.95 bits per heavy atom. The molecule has 7 heteroatoms. The van der Waals surface area contributed by atoms with Gasteiger partial charge in [-0.15, -0.1) is 0 Å². The molecular weight excluding hydrogens is 275 g/mol.